The van der Waals surface area contributed by atoms with Gasteiger partial charge < -0.3 is 9.64 Å². The quantitative estimate of drug-likeness (QED) is 0.852. The molecule has 3 heterocycles. The predicted molar refractivity (Wildman–Crippen MR) is 88.7 cm³/mol. The zero-order chi connectivity index (χ0) is 17.4. The van der Waals surface area contributed by atoms with Gasteiger partial charge in [0.2, 0.25) is 5.91 Å². The monoisotopic (exact) mass is 344 g/mol. The van der Waals surface area contributed by atoms with Gasteiger partial charge in [0.05, 0.1) is 24.4 Å². The van der Waals surface area contributed by atoms with Crippen molar-refractivity contribution in [3.63, 3.8) is 0 Å². The zero-order valence-corrected chi connectivity index (χ0v) is 14.1. The van der Waals surface area contributed by atoms with E-state index >= 15 is 0 Å². The van der Waals surface area contributed by atoms with Crippen molar-refractivity contribution in [1.29, 1.82) is 0 Å². The number of aromatic nitrogens is 3. The molecule has 1 saturated carbocycles. The summed E-state index contributed by atoms with van der Waals surface area (Å²) in [4.78, 5) is 18.5. The summed E-state index contributed by atoms with van der Waals surface area (Å²) in [5, 5.41) is 4.55. The fourth-order valence-electron chi connectivity index (χ4n) is 3.58. The van der Waals surface area contributed by atoms with Crippen LogP contribution in [0.4, 0.5) is 4.39 Å². The van der Waals surface area contributed by atoms with Gasteiger partial charge in [0, 0.05) is 44.0 Å². The number of aryl methyl sites for hydroxylation is 1. The highest BCUT2D eigenvalue weighted by molar-refractivity contribution is 5.80. The fraction of sp³-hybridized carbons (Fsp3) is 0.500. The largest absolute Gasteiger partial charge is 0.491 e. The summed E-state index contributed by atoms with van der Waals surface area (Å²) < 4.78 is 20.7. The minimum Gasteiger partial charge on any atom is -0.491 e. The second-order valence-corrected chi connectivity index (χ2v) is 6.89. The summed E-state index contributed by atoms with van der Waals surface area (Å²) >= 11 is 0. The molecule has 4 rings (SSSR count). The van der Waals surface area contributed by atoms with Crippen molar-refractivity contribution in [2.75, 3.05) is 13.2 Å². The van der Waals surface area contributed by atoms with Crippen LogP contribution in [0.15, 0.2) is 30.7 Å². The average Bonchev–Trinajstić information content (AvgIpc) is 2.97. The molecule has 1 amide bonds. The van der Waals surface area contributed by atoms with Crippen LogP contribution in [0.25, 0.3) is 0 Å². The lowest BCUT2D eigenvalue weighted by Gasteiger charge is -2.37. The van der Waals surface area contributed by atoms with Crippen molar-refractivity contribution in [2.45, 2.75) is 31.5 Å². The molecular formula is C18H21FN4O2. The first-order chi connectivity index (χ1) is 12.1. The van der Waals surface area contributed by atoms with Gasteiger partial charge in [0.1, 0.15) is 11.9 Å². The van der Waals surface area contributed by atoms with Crippen LogP contribution >= 0.6 is 0 Å². The maximum atomic E-state index is 13.1. The molecule has 0 aromatic carbocycles. The van der Waals surface area contributed by atoms with Crippen molar-refractivity contribution in [3.05, 3.63) is 42.0 Å². The Kier molecular flexibility index (Phi) is 4.15. The second kappa shape index (κ2) is 6.46. The number of halogens is 1. The minimum atomic E-state index is -0.822. The highest BCUT2D eigenvalue weighted by Gasteiger charge is 2.40. The van der Waals surface area contributed by atoms with E-state index in [1.165, 1.54) is 0 Å². The topological polar surface area (TPSA) is 60.2 Å². The van der Waals surface area contributed by atoms with Gasteiger partial charge in [-0.3, -0.25) is 14.5 Å². The van der Waals surface area contributed by atoms with E-state index in [0.29, 0.717) is 38.3 Å². The number of amides is 1. The molecule has 132 valence electrons. The molecule has 0 spiro atoms. The first-order valence-electron chi connectivity index (χ1n) is 8.58. The molecule has 0 N–H and O–H groups in total. The fourth-order valence-corrected chi connectivity index (χ4v) is 3.58. The summed E-state index contributed by atoms with van der Waals surface area (Å²) in [6.07, 6.45) is 5.20. The number of nitrogens with zero attached hydrogens (tertiary/aromatic N) is 4. The molecule has 2 aromatic rings. The van der Waals surface area contributed by atoms with Crippen LogP contribution in [-0.4, -0.2) is 44.9 Å². The first-order valence-corrected chi connectivity index (χ1v) is 8.58. The van der Waals surface area contributed by atoms with E-state index in [4.69, 9.17) is 4.74 Å². The van der Waals surface area contributed by atoms with E-state index in [0.717, 1.165) is 11.3 Å². The normalized spacial score (nSPS) is 25.2. The summed E-state index contributed by atoms with van der Waals surface area (Å²) in [5.41, 5.74) is 2.02. The molecule has 2 aromatic heterocycles. The second-order valence-electron chi connectivity index (χ2n) is 6.89. The van der Waals surface area contributed by atoms with Gasteiger partial charge in [-0.05, 0) is 25.0 Å². The molecule has 0 radical (unpaired) electrons. The van der Waals surface area contributed by atoms with E-state index in [-0.39, 0.29) is 17.7 Å². The third-order valence-electron chi connectivity index (χ3n) is 4.95. The maximum Gasteiger partial charge on any atom is 0.226 e. The Morgan fingerprint density at radius 1 is 1.44 bits per heavy atom. The van der Waals surface area contributed by atoms with Gasteiger partial charge in [-0.1, -0.05) is 0 Å². The van der Waals surface area contributed by atoms with Gasteiger partial charge in [-0.2, -0.15) is 5.10 Å². The zero-order valence-electron chi connectivity index (χ0n) is 14.1. The van der Waals surface area contributed by atoms with Gasteiger partial charge in [0.25, 0.3) is 0 Å². The van der Waals surface area contributed by atoms with Crippen molar-refractivity contribution < 1.29 is 13.9 Å². The number of hydrogen-bond acceptors (Lipinski definition) is 4. The van der Waals surface area contributed by atoms with Gasteiger partial charge >= 0.3 is 0 Å². The van der Waals surface area contributed by atoms with E-state index in [1.54, 1.807) is 17.1 Å². The Morgan fingerprint density at radius 3 is 3.00 bits per heavy atom. The molecule has 0 saturated heterocycles. The highest BCUT2D eigenvalue weighted by Crippen LogP contribution is 2.35. The average molecular weight is 344 g/mol. The molecule has 2 aliphatic rings. The number of rotatable bonds is 4. The summed E-state index contributed by atoms with van der Waals surface area (Å²) in [6, 6.07) is 3.68. The van der Waals surface area contributed by atoms with Crippen LogP contribution in [-0.2, 0) is 18.4 Å². The highest BCUT2D eigenvalue weighted by atomic mass is 19.1. The summed E-state index contributed by atoms with van der Waals surface area (Å²) in [7, 11) is 1.88. The number of carbonyl (C=O) groups is 1. The number of carbonyl (C=O) groups excluding carboxylic acids is 1. The van der Waals surface area contributed by atoms with Crippen molar-refractivity contribution in [3.8, 4) is 5.75 Å². The Hall–Kier alpha value is -2.44. The smallest absolute Gasteiger partial charge is 0.226 e. The molecule has 1 fully saturated rings. The standard InChI is InChI=1S/C18H21FN4O2/c1-22-8-13-9-23(18(24)12-5-15(19)6-12)10-14(17(13)21-22)11-25-16-3-2-4-20-7-16/h2-4,7-8,12,14-15H,5-6,9-11H2,1H3. The van der Waals surface area contributed by atoms with E-state index in [9.17, 15) is 9.18 Å². The van der Waals surface area contributed by atoms with Crippen molar-refractivity contribution in [1.82, 2.24) is 19.7 Å². The lowest BCUT2D eigenvalue weighted by molar-refractivity contribution is -0.141. The number of fused-ring (bicyclic) bond motifs is 1. The number of hydrogen-bond donors (Lipinski definition) is 0. The van der Waals surface area contributed by atoms with Crippen LogP contribution in [0.3, 0.4) is 0 Å². The Balaban J connectivity index is 1.49. The van der Waals surface area contributed by atoms with Crippen molar-refractivity contribution >= 4 is 5.91 Å². The Labute approximate surface area is 145 Å². The molecule has 1 aliphatic carbocycles. The van der Waals surface area contributed by atoms with E-state index in [2.05, 4.69) is 10.1 Å². The summed E-state index contributed by atoms with van der Waals surface area (Å²) in [5.74, 6) is 0.570. The van der Waals surface area contributed by atoms with Crippen LogP contribution in [0.5, 0.6) is 5.75 Å². The Bertz CT molecular complexity index is 758. The molecule has 1 aliphatic heterocycles. The first kappa shape index (κ1) is 16.1. The molecule has 25 heavy (non-hydrogen) atoms. The summed E-state index contributed by atoms with van der Waals surface area (Å²) in [6.45, 7) is 1.52. The number of pyridine rings is 1. The van der Waals surface area contributed by atoms with Gasteiger partial charge in [-0.25, -0.2) is 4.39 Å². The van der Waals surface area contributed by atoms with E-state index < -0.39 is 6.17 Å². The Morgan fingerprint density at radius 2 is 2.28 bits per heavy atom. The predicted octanol–water partition coefficient (Wildman–Crippen LogP) is 2.07. The van der Waals surface area contributed by atoms with Crippen LogP contribution in [0.2, 0.25) is 0 Å². The molecule has 7 heteroatoms. The molecule has 1 atom stereocenters. The molecule has 6 nitrogen and oxygen atoms in total. The number of alkyl halides is 1. The molecule has 0 bridgehead atoms. The molecule has 1 unspecified atom stereocenters. The van der Waals surface area contributed by atoms with Crippen molar-refractivity contribution in [2.24, 2.45) is 13.0 Å². The third-order valence-corrected chi connectivity index (χ3v) is 4.95. The van der Waals surface area contributed by atoms with Crippen LogP contribution < -0.4 is 4.74 Å². The van der Waals surface area contributed by atoms with Crippen LogP contribution in [0.1, 0.15) is 30.0 Å². The van der Waals surface area contributed by atoms with Crippen LogP contribution in [0, 0.1) is 5.92 Å². The third kappa shape index (κ3) is 3.23. The van der Waals surface area contributed by atoms with Gasteiger partial charge in [-0.15, -0.1) is 0 Å². The number of ether oxygens (including phenoxy) is 1. The van der Waals surface area contributed by atoms with E-state index in [1.807, 2.05) is 30.3 Å². The lowest BCUT2D eigenvalue weighted by atomic mass is 9.81. The SMILES string of the molecule is Cn1cc2c(n1)C(COc1cccnc1)CN(C(=O)C1CC(F)C1)C2. The molecular weight excluding hydrogens is 323 g/mol. The van der Waals surface area contributed by atoms with Gasteiger partial charge in [0.15, 0.2) is 0 Å². The minimum absolute atomic E-state index is 0.00430. The maximum absolute atomic E-state index is 13.1. The lowest BCUT2D eigenvalue weighted by Crippen LogP contribution is -2.46.